The zero-order valence-corrected chi connectivity index (χ0v) is 9.96. The van der Waals surface area contributed by atoms with Crippen LogP contribution < -0.4 is 5.73 Å². The van der Waals surface area contributed by atoms with E-state index in [2.05, 4.69) is 10.00 Å². The van der Waals surface area contributed by atoms with E-state index in [1.807, 2.05) is 17.7 Å². The number of nitrogens with zero attached hydrogens (tertiary/aromatic N) is 3. The van der Waals surface area contributed by atoms with Crippen LogP contribution in [0.4, 0.5) is 0 Å². The zero-order valence-electron chi connectivity index (χ0n) is 9.96. The van der Waals surface area contributed by atoms with E-state index in [-0.39, 0.29) is 0 Å². The van der Waals surface area contributed by atoms with Gasteiger partial charge >= 0.3 is 5.97 Å². The first-order valence-corrected chi connectivity index (χ1v) is 5.80. The third kappa shape index (κ3) is 2.32. The molecule has 1 atom stereocenters. The van der Waals surface area contributed by atoms with Gasteiger partial charge in [-0.15, -0.1) is 0 Å². The number of likely N-dealkylation sites (tertiary alicyclic amines) is 1. The summed E-state index contributed by atoms with van der Waals surface area (Å²) in [5.74, 6) is -0.913. The summed E-state index contributed by atoms with van der Waals surface area (Å²) in [5, 5.41) is 13.2. The van der Waals surface area contributed by atoms with E-state index >= 15 is 0 Å². The quantitative estimate of drug-likeness (QED) is 0.764. The maximum Gasteiger partial charge on any atom is 0.325 e. The molecular weight excluding hydrogens is 220 g/mol. The lowest BCUT2D eigenvalue weighted by Gasteiger charge is -2.20. The second kappa shape index (κ2) is 4.46. The van der Waals surface area contributed by atoms with Crippen molar-refractivity contribution in [2.24, 2.45) is 5.73 Å². The Bertz CT molecular complexity index is 417. The van der Waals surface area contributed by atoms with Crippen molar-refractivity contribution in [2.45, 2.75) is 32.0 Å². The van der Waals surface area contributed by atoms with Gasteiger partial charge in [0.2, 0.25) is 0 Å². The van der Waals surface area contributed by atoms with E-state index in [4.69, 9.17) is 10.8 Å². The van der Waals surface area contributed by atoms with E-state index < -0.39 is 11.5 Å². The SMILES string of the molecule is CCn1nccc1CN1CCC(N)(C(=O)O)C1. The first-order chi connectivity index (χ1) is 8.05. The van der Waals surface area contributed by atoms with E-state index in [1.54, 1.807) is 6.20 Å². The molecule has 0 aromatic carbocycles. The maximum atomic E-state index is 11.0. The van der Waals surface area contributed by atoms with Crippen molar-refractivity contribution in [1.29, 1.82) is 0 Å². The fourth-order valence-electron chi connectivity index (χ4n) is 2.23. The highest BCUT2D eigenvalue weighted by atomic mass is 16.4. The number of aromatic nitrogens is 2. The first-order valence-electron chi connectivity index (χ1n) is 5.80. The van der Waals surface area contributed by atoms with Crippen molar-refractivity contribution >= 4 is 5.97 Å². The second-order valence-corrected chi connectivity index (χ2v) is 4.56. The normalized spacial score (nSPS) is 25.3. The largest absolute Gasteiger partial charge is 0.480 e. The Morgan fingerprint density at radius 1 is 1.71 bits per heavy atom. The number of carbonyl (C=O) groups is 1. The van der Waals surface area contributed by atoms with Gasteiger partial charge in [-0.3, -0.25) is 14.4 Å². The number of hydrogen-bond donors (Lipinski definition) is 2. The van der Waals surface area contributed by atoms with Crippen molar-refractivity contribution < 1.29 is 9.90 Å². The number of aryl methyl sites for hydroxylation is 1. The molecule has 2 rings (SSSR count). The summed E-state index contributed by atoms with van der Waals surface area (Å²) in [6, 6.07) is 1.96. The van der Waals surface area contributed by atoms with Crippen LogP contribution in [-0.2, 0) is 17.9 Å². The van der Waals surface area contributed by atoms with Crippen LogP contribution >= 0.6 is 0 Å². The highest BCUT2D eigenvalue weighted by Crippen LogP contribution is 2.20. The second-order valence-electron chi connectivity index (χ2n) is 4.56. The smallest absolute Gasteiger partial charge is 0.325 e. The number of nitrogens with two attached hydrogens (primary N) is 1. The molecule has 2 heterocycles. The number of carboxylic acids is 1. The van der Waals surface area contributed by atoms with E-state index in [0.717, 1.165) is 18.8 Å². The van der Waals surface area contributed by atoms with Crippen molar-refractivity contribution in [3.05, 3.63) is 18.0 Å². The van der Waals surface area contributed by atoms with Crippen molar-refractivity contribution in [2.75, 3.05) is 13.1 Å². The Morgan fingerprint density at radius 2 is 2.47 bits per heavy atom. The minimum Gasteiger partial charge on any atom is -0.480 e. The van der Waals surface area contributed by atoms with Gasteiger partial charge in [-0.2, -0.15) is 5.10 Å². The maximum absolute atomic E-state index is 11.0. The van der Waals surface area contributed by atoms with E-state index in [9.17, 15) is 4.79 Å². The van der Waals surface area contributed by atoms with E-state index in [1.165, 1.54) is 0 Å². The van der Waals surface area contributed by atoms with Gasteiger partial charge in [-0.05, 0) is 19.4 Å². The molecule has 1 fully saturated rings. The Kier molecular flexibility index (Phi) is 3.17. The average Bonchev–Trinajstić information content (AvgIpc) is 2.87. The summed E-state index contributed by atoms with van der Waals surface area (Å²) in [7, 11) is 0. The Balaban J connectivity index is 2.01. The van der Waals surface area contributed by atoms with Gasteiger partial charge in [0, 0.05) is 32.4 Å². The lowest BCUT2D eigenvalue weighted by Crippen LogP contribution is -2.50. The lowest BCUT2D eigenvalue weighted by atomic mass is 10.0. The van der Waals surface area contributed by atoms with Crippen LogP contribution in [0.15, 0.2) is 12.3 Å². The summed E-state index contributed by atoms with van der Waals surface area (Å²) < 4.78 is 1.91. The molecule has 0 amide bonds. The highest BCUT2D eigenvalue weighted by Gasteiger charge is 2.41. The molecule has 3 N–H and O–H groups in total. The standard InChI is InChI=1S/C11H18N4O2/c1-2-15-9(3-5-13-15)7-14-6-4-11(12,8-14)10(16)17/h3,5H,2,4,6-8,12H2,1H3,(H,16,17). The number of rotatable bonds is 4. The fourth-order valence-corrected chi connectivity index (χ4v) is 2.23. The van der Waals surface area contributed by atoms with Crippen LogP contribution in [-0.4, -0.2) is 44.4 Å². The minimum atomic E-state index is -1.09. The van der Waals surface area contributed by atoms with Gasteiger partial charge in [0.25, 0.3) is 0 Å². The average molecular weight is 238 g/mol. The van der Waals surface area contributed by atoms with Gasteiger partial charge in [0.1, 0.15) is 5.54 Å². The predicted octanol–water partition coefficient (Wildman–Crippen LogP) is -0.109. The number of carboxylic acid groups (broad SMARTS) is 1. The Labute approximate surface area is 100 Å². The fraction of sp³-hybridized carbons (Fsp3) is 0.636. The molecule has 0 spiro atoms. The Hall–Kier alpha value is -1.40. The van der Waals surface area contributed by atoms with Crippen molar-refractivity contribution in [1.82, 2.24) is 14.7 Å². The third-order valence-corrected chi connectivity index (χ3v) is 3.30. The molecule has 94 valence electrons. The molecule has 1 aromatic heterocycles. The zero-order chi connectivity index (χ0) is 12.5. The van der Waals surface area contributed by atoms with Crippen molar-refractivity contribution in [3.8, 4) is 0 Å². The highest BCUT2D eigenvalue weighted by molar-refractivity contribution is 5.79. The topological polar surface area (TPSA) is 84.4 Å². The van der Waals surface area contributed by atoms with Gasteiger partial charge in [0.05, 0.1) is 5.69 Å². The van der Waals surface area contributed by atoms with Crippen LogP contribution in [0.5, 0.6) is 0 Å². The molecule has 0 saturated carbocycles. The molecule has 0 aliphatic carbocycles. The van der Waals surface area contributed by atoms with Crippen LogP contribution in [0.1, 0.15) is 19.0 Å². The molecule has 0 radical (unpaired) electrons. The molecule has 17 heavy (non-hydrogen) atoms. The lowest BCUT2D eigenvalue weighted by molar-refractivity contribution is -0.142. The monoisotopic (exact) mass is 238 g/mol. The molecule has 1 aliphatic heterocycles. The van der Waals surface area contributed by atoms with Gasteiger partial charge < -0.3 is 10.8 Å². The van der Waals surface area contributed by atoms with Crippen molar-refractivity contribution in [3.63, 3.8) is 0 Å². The van der Waals surface area contributed by atoms with Crippen LogP contribution in [0.3, 0.4) is 0 Å². The van der Waals surface area contributed by atoms with Gasteiger partial charge in [0.15, 0.2) is 0 Å². The first kappa shape index (κ1) is 12.1. The third-order valence-electron chi connectivity index (χ3n) is 3.30. The van der Waals surface area contributed by atoms with Gasteiger partial charge in [-0.1, -0.05) is 0 Å². The molecule has 1 saturated heterocycles. The summed E-state index contributed by atoms with van der Waals surface area (Å²) >= 11 is 0. The molecule has 1 aromatic rings. The summed E-state index contributed by atoms with van der Waals surface area (Å²) in [5.41, 5.74) is 5.84. The molecular formula is C11H18N4O2. The summed E-state index contributed by atoms with van der Waals surface area (Å²) in [4.78, 5) is 13.1. The van der Waals surface area contributed by atoms with Crippen LogP contribution in [0.25, 0.3) is 0 Å². The molecule has 6 heteroatoms. The Morgan fingerprint density at radius 3 is 3.06 bits per heavy atom. The molecule has 1 aliphatic rings. The number of hydrogen-bond acceptors (Lipinski definition) is 4. The summed E-state index contributed by atoms with van der Waals surface area (Å²) in [6.45, 7) is 4.68. The number of aliphatic carboxylic acids is 1. The minimum absolute atomic E-state index is 0.400. The van der Waals surface area contributed by atoms with Crippen LogP contribution in [0.2, 0.25) is 0 Å². The molecule has 6 nitrogen and oxygen atoms in total. The molecule has 0 bridgehead atoms. The summed E-state index contributed by atoms with van der Waals surface area (Å²) in [6.07, 6.45) is 2.27. The van der Waals surface area contributed by atoms with E-state index in [0.29, 0.717) is 19.5 Å². The molecule has 1 unspecified atom stereocenters. The predicted molar refractivity (Wildman–Crippen MR) is 62.3 cm³/mol. The van der Waals surface area contributed by atoms with Gasteiger partial charge in [-0.25, -0.2) is 0 Å². The van der Waals surface area contributed by atoms with Crippen LogP contribution in [0, 0.1) is 0 Å².